The van der Waals surface area contributed by atoms with E-state index in [0.717, 1.165) is 11.5 Å². The molecule has 0 fully saturated rings. The maximum atomic E-state index is 12.5. The van der Waals surface area contributed by atoms with Crippen LogP contribution in [0, 0.1) is 26.7 Å². The second kappa shape index (κ2) is 9.84. The number of halogens is 3. The predicted molar refractivity (Wildman–Crippen MR) is 99.8 cm³/mol. The van der Waals surface area contributed by atoms with Crippen molar-refractivity contribution in [2.24, 2.45) is 0 Å². The second-order valence-electron chi connectivity index (χ2n) is 6.14. The molecule has 0 N–H and O–H groups in total. The van der Waals surface area contributed by atoms with Crippen LogP contribution in [-0.4, -0.2) is 32.0 Å². The van der Waals surface area contributed by atoms with E-state index >= 15 is 0 Å². The molecule has 0 aliphatic carbocycles. The van der Waals surface area contributed by atoms with Crippen LogP contribution < -0.4 is 10.00 Å². The van der Waals surface area contributed by atoms with Gasteiger partial charge in [0.05, 0.1) is 0 Å². The summed E-state index contributed by atoms with van der Waals surface area (Å²) in [6.45, 7) is 5.12. The summed E-state index contributed by atoms with van der Waals surface area (Å²) in [5.41, 5.74) is 0.474. The van der Waals surface area contributed by atoms with Crippen molar-refractivity contribution in [2.45, 2.75) is 20.0 Å². The molecule has 11 heteroatoms. The van der Waals surface area contributed by atoms with Gasteiger partial charge in [-0.3, -0.25) is 4.98 Å². The van der Waals surface area contributed by atoms with Gasteiger partial charge in [0.2, 0.25) is 0 Å². The number of aromatic nitrogens is 5. The van der Waals surface area contributed by atoms with E-state index in [1.165, 1.54) is 13.1 Å². The van der Waals surface area contributed by atoms with Crippen LogP contribution in [0.15, 0.2) is 43.0 Å². The topological polar surface area (TPSA) is 72.1 Å². The maximum absolute atomic E-state index is 12.5. The number of alkyl halides is 3. The summed E-state index contributed by atoms with van der Waals surface area (Å²) in [6.07, 6.45) is 5.57. The molecule has 4 heterocycles. The number of hydrogen-bond acceptors (Lipinski definition) is 6. The number of anilines is 1. The van der Waals surface area contributed by atoms with E-state index < -0.39 is 11.9 Å². The summed E-state index contributed by atoms with van der Waals surface area (Å²) in [4.78, 5) is 15.9. The minimum absolute atomic E-state index is 0. The van der Waals surface area contributed by atoms with Gasteiger partial charge in [-0.2, -0.15) is 19.8 Å². The summed E-state index contributed by atoms with van der Waals surface area (Å²) in [5, 5.41) is 6.67. The quantitative estimate of drug-likeness (QED) is 0.421. The Hall–Kier alpha value is -2.74. The Bertz CT molecular complexity index is 972. The first kappa shape index (κ1) is 23.5. The van der Waals surface area contributed by atoms with Crippen LogP contribution in [0.5, 0.6) is 0 Å². The van der Waals surface area contributed by atoms with Gasteiger partial charge in [-0.1, -0.05) is 36.8 Å². The van der Waals surface area contributed by atoms with Crippen molar-refractivity contribution < 1.29 is 34.2 Å². The Morgan fingerprint density at radius 1 is 1.13 bits per heavy atom. The molecule has 0 bridgehead atoms. The predicted octanol–water partition coefficient (Wildman–Crippen LogP) is 3.35. The van der Waals surface area contributed by atoms with Gasteiger partial charge in [-0.15, -0.1) is 0 Å². The van der Waals surface area contributed by atoms with Gasteiger partial charge >= 0.3 is 6.18 Å². The second-order valence-corrected chi connectivity index (χ2v) is 6.14. The van der Waals surface area contributed by atoms with Gasteiger partial charge < -0.3 is 30.0 Å². The van der Waals surface area contributed by atoms with Gasteiger partial charge in [-0.25, -0.2) is 0 Å². The fourth-order valence-electron chi connectivity index (χ4n) is 2.45. The van der Waals surface area contributed by atoms with Crippen molar-refractivity contribution in [1.82, 2.24) is 30.0 Å². The fraction of sp³-hybridized carbons (Fsp3) is 0.211. The molecule has 0 saturated carbocycles. The van der Waals surface area contributed by atoms with Crippen LogP contribution in [0.2, 0.25) is 0 Å². The Balaban J connectivity index is 0.000000211. The van der Waals surface area contributed by atoms with Crippen molar-refractivity contribution in [2.75, 3.05) is 11.9 Å². The number of rotatable bonds is 2. The third kappa shape index (κ3) is 5.66. The van der Waals surface area contributed by atoms with Crippen molar-refractivity contribution in [3.8, 4) is 11.4 Å². The largest absolute Gasteiger partial charge is 0.573 e. The molecule has 1 aliphatic rings. The van der Waals surface area contributed by atoms with Crippen molar-refractivity contribution in [1.29, 1.82) is 0 Å². The summed E-state index contributed by atoms with van der Waals surface area (Å²) in [5.74, 6) is 0.736. The van der Waals surface area contributed by atoms with Gasteiger partial charge in [0.15, 0.2) is 0 Å². The molecule has 0 spiro atoms. The van der Waals surface area contributed by atoms with Crippen LogP contribution in [0.25, 0.3) is 11.4 Å². The van der Waals surface area contributed by atoms with Gasteiger partial charge in [0.1, 0.15) is 5.69 Å². The zero-order valence-corrected chi connectivity index (χ0v) is 18.5. The van der Waals surface area contributed by atoms with Crippen LogP contribution in [0.4, 0.5) is 18.9 Å². The van der Waals surface area contributed by atoms with E-state index in [1.54, 1.807) is 24.4 Å². The van der Waals surface area contributed by atoms with Gasteiger partial charge in [0, 0.05) is 38.8 Å². The van der Waals surface area contributed by atoms with Crippen LogP contribution in [0.3, 0.4) is 0 Å². The Morgan fingerprint density at radius 3 is 2.40 bits per heavy atom. The first-order valence-corrected chi connectivity index (χ1v) is 8.49. The molecule has 3 aromatic heterocycles. The number of aryl methyl sites for hydroxylation is 1. The summed E-state index contributed by atoms with van der Waals surface area (Å²) in [7, 11) is 1.96. The molecule has 0 unspecified atom stereocenters. The van der Waals surface area contributed by atoms with Crippen molar-refractivity contribution in [3.63, 3.8) is 0 Å². The van der Waals surface area contributed by atoms with Crippen molar-refractivity contribution >= 4 is 5.69 Å². The molecule has 0 radical (unpaired) electrons. The van der Waals surface area contributed by atoms with Crippen LogP contribution in [0.1, 0.15) is 17.1 Å². The number of hydrogen-bond donors (Lipinski definition) is 0. The zero-order valence-electron chi connectivity index (χ0n) is 16.2. The summed E-state index contributed by atoms with van der Waals surface area (Å²) in [6, 6.07) is 4.96. The Morgan fingerprint density at radius 2 is 1.90 bits per heavy atom. The molecule has 162 valence electrons. The normalized spacial score (nSPS) is 13.0. The summed E-state index contributed by atoms with van der Waals surface area (Å²) >= 11 is 0. The first-order chi connectivity index (χ1) is 13.8. The van der Waals surface area contributed by atoms with E-state index in [-0.39, 0.29) is 32.3 Å². The average Bonchev–Trinajstić information content (AvgIpc) is 3.29. The molecular weight excluding hydrogens is 578 g/mol. The average molecular weight is 595 g/mol. The SMILES string of the molecule is Cc1c(C(F)(F)F)n[n-]c1-c1ccccn1.Cc1n[c-]c(N2C=CN(C)[CH-]2)cn1.[Pt]. The molecular formula is C19H17F3N7Pt-3. The molecule has 4 rings (SSSR count). The zero-order chi connectivity index (χ0) is 21.0. The van der Waals surface area contributed by atoms with E-state index in [1.807, 2.05) is 42.8 Å². The molecule has 0 atom stereocenters. The van der Waals surface area contributed by atoms with E-state index in [0.29, 0.717) is 5.69 Å². The van der Waals surface area contributed by atoms with Gasteiger partial charge in [0.25, 0.3) is 0 Å². The molecule has 7 nitrogen and oxygen atoms in total. The molecule has 30 heavy (non-hydrogen) atoms. The first-order valence-electron chi connectivity index (χ1n) is 8.49. The fourth-order valence-corrected chi connectivity index (χ4v) is 2.45. The van der Waals surface area contributed by atoms with E-state index in [4.69, 9.17) is 0 Å². The molecule has 0 aromatic carbocycles. The Labute approximate surface area is 186 Å². The maximum Gasteiger partial charge on any atom is 0.431 e. The minimum atomic E-state index is -4.47. The number of nitrogens with zero attached hydrogens (tertiary/aromatic N) is 7. The Kier molecular flexibility index (Phi) is 7.72. The minimum Gasteiger partial charge on any atom is -0.573 e. The summed E-state index contributed by atoms with van der Waals surface area (Å²) < 4.78 is 37.4. The smallest absolute Gasteiger partial charge is 0.431 e. The molecule has 0 saturated heterocycles. The van der Waals surface area contributed by atoms with E-state index in [9.17, 15) is 13.2 Å². The standard InChI is InChI=1S/C10H7F3N3.C9H10N4.Pt/c1-6-8(7-4-2-3-5-14-7)15-16-9(6)10(11,12)13;1-8-10-5-9(6-11-8)13-4-3-12(2)7-13;/h2-5H,1H3;3-5,7H,1-2H3;/q-1;-2;. The number of pyridine rings is 1. The molecule has 3 aromatic rings. The third-order valence-corrected chi connectivity index (χ3v) is 3.89. The van der Waals surface area contributed by atoms with E-state index in [2.05, 4.69) is 31.3 Å². The van der Waals surface area contributed by atoms with Crippen LogP contribution in [-0.2, 0) is 27.2 Å². The molecule has 1 aliphatic heterocycles. The third-order valence-electron chi connectivity index (χ3n) is 3.89. The van der Waals surface area contributed by atoms with Crippen LogP contribution >= 0.6 is 0 Å². The van der Waals surface area contributed by atoms with Crippen molar-refractivity contribution in [3.05, 3.63) is 72.9 Å². The monoisotopic (exact) mass is 595 g/mol. The van der Waals surface area contributed by atoms with Gasteiger partial charge in [-0.05, 0) is 44.1 Å². The molecule has 0 amide bonds.